The van der Waals surface area contributed by atoms with Gasteiger partial charge < -0.3 is 10.1 Å². The highest BCUT2D eigenvalue weighted by atomic mass is 35.5. The van der Waals surface area contributed by atoms with Crippen molar-refractivity contribution in [3.05, 3.63) is 35.1 Å². The monoisotopic (exact) mass is 278 g/mol. The number of benzene rings is 1. The average molecular weight is 279 g/mol. The van der Waals surface area contributed by atoms with Crippen LogP contribution in [-0.4, -0.2) is 21.6 Å². The summed E-state index contributed by atoms with van der Waals surface area (Å²) in [5.41, 5.74) is 2.13. The van der Waals surface area contributed by atoms with E-state index in [1.165, 1.54) is 5.56 Å². The minimum Gasteiger partial charge on any atom is -0.464 e. The molecule has 2 rings (SSSR count). The number of aryl methyl sites for hydroxylation is 1. The predicted octanol–water partition coefficient (Wildman–Crippen LogP) is 3.23. The molecule has 0 aliphatic heterocycles. The number of hydrogen-bond acceptors (Lipinski definition) is 5. The maximum atomic E-state index is 5.84. The SMILES string of the molecule is CCOc1nc(Cl)nc(Nc2ccccc2CC)n1. The molecule has 0 saturated carbocycles. The van der Waals surface area contributed by atoms with Gasteiger partial charge in [-0.2, -0.15) is 15.0 Å². The first-order chi connectivity index (χ1) is 9.22. The van der Waals surface area contributed by atoms with Crippen molar-refractivity contribution in [1.29, 1.82) is 0 Å². The molecule has 19 heavy (non-hydrogen) atoms. The largest absolute Gasteiger partial charge is 0.464 e. The summed E-state index contributed by atoms with van der Waals surface area (Å²) in [4.78, 5) is 12.1. The van der Waals surface area contributed by atoms with Crippen molar-refractivity contribution in [2.24, 2.45) is 0 Å². The number of para-hydroxylation sites is 1. The van der Waals surface area contributed by atoms with Gasteiger partial charge in [0.25, 0.3) is 0 Å². The molecule has 1 heterocycles. The van der Waals surface area contributed by atoms with Crippen molar-refractivity contribution < 1.29 is 4.74 Å². The third-order valence-corrected chi connectivity index (χ3v) is 2.67. The molecule has 0 unspecified atom stereocenters. The Morgan fingerprint density at radius 1 is 1.16 bits per heavy atom. The third kappa shape index (κ3) is 3.54. The second-order valence-corrected chi connectivity index (χ2v) is 4.12. The number of hydrogen-bond donors (Lipinski definition) is 1. The van der Waals surface area contributed by atoms with Gasteiger partial charge in [-0.1, -0.05) is 25.1 Å². The molecule has 0 aliphatic rings. The molecule has 0 spiro atoms. The van der Waals surface area contributed by atoms with Gasteiger partial charge >= 0.3 is 6.01 Å². The molecule has 2 aromatic rings. The highest BCUT2D eigenvalue weighted by Gasteiger charge is 2.07. The van der Waals surface area contributed by atoms with E-state index in [0.29, 0.717) is 12.6 Å². The van der Waals surface area contributed by atoms with Crippen molar-refractivity contribution in [3.63, 3.8) is 0 Å². The van der Waals surface area contributed by atoms with Crippen molar-refractivity contribution in [2.75, 3.05) is 11.9 Å². The summed E-state index contributed by atoms with van der Waals surface area (Å²) in [5.74, 6) is 0.379. The van der Waals surface area contributed by atoms with Gasteiger partial charge in [0.1, 0.15) is 0 Å². The fourth-order valence-electron chi connectivity index (χ4n) is 1.65. The lowest BCUT2D eigenvalue weighted by Gasteiger charge is -2.10. The first kappa shape index (κ1) is 13.5. The van der Waals surface area contributed by atoms with E-state index >= 15 is 0 Å². The molecule has 0 amide bonds. The van der Waals surface area contributed by atoms with Crippen LogP contribution < -0.4 is 10.1 Å². The number of anilines is 2. The Labute approximate surface area is 117 Å². The lowest BCUT2D eigenvalue weighted by molar-refractivity contribution is 0.312. The highest BCUT2D eigenvalue weighted by Crippen LogP contribution is 2.20. The van der Waals surface area contributed by atoms with Crippen LogP contribution in [0.15, 0.2) is 24.3 Å². The fourth-order valence-corrected chi connectivity index (χ4v) is 1.80. The van der Waals surface area contributed by atoms with Gasteiger partial charge in [0.2, 0.25) is 11.2 Å². The molecule has 1 N–H and O–H groups in total. The summed E-state index contributed by atoms with van der Waals surface area (Å²) in [7, 11) is 0. The molecule has 0 bridgehead atoms. The van der Waals surface area contributed by atoms with Crippen LogP contribution in [0.1, 0.15) is 19.4 Å². The fraction of sp³-hybridized carbons (Fsp3) is 0.308. The van der Waals surface area contributed by atoms with Crippen LogP contribution in [0.5, 0.6) is 6.01 Å². The van der Waals surface area contributed by atoms with Crippen LogP contribution >= 0.6 is 11.6 Å². The zero-order valence-electron chi connectivity index (χ0n) is 10.9. The number of rotatable bonds is 5. The van der Waals surface area contributed by atoms with E-state index in [-0.39, 0.29) is 11.3 Å². The Kier molecular flexibility index (Phi) is 4.52. The van der Waals surface area contributed by atoms with Crippen molar-refractivity contribution in [2.45, 2.75) is 20.3 Å². The van der Waals surface area contributed by atoms with E-state index in [0.717, 1.165) is 12.1 Å². The van der Waals surface area contributed by atoms with E-state index in [1.54, 1.807) is 0 Å². The first-order valence-electron chi connectivity index (χ1n) is 6.12. The number of halogens is 1. The van der Waals surface area contributed by atoms with Gasteiger partial charge in [0.15, 0.2) is 0 Å². The number of nitrogens with one attached hydrogen (secondary N) is 1. The van der Waals surface area contributed by atoms with E-state index in [4.69, 9.17) is 16.3 Å². The van der Waals surface area contributed by atoms with E-state index in [9.17, 15) is 0 Å². The Bertz CT molecular complexity index is 562. The van der Waals surface area contributed by atoms with Gasteiger partial charge in [0, 0.05) is 5.69 Å². The average Bonchev–Trinajstić information content (AvgIpc) is 2.39. The standard InChI is InChI=1S/C13H15ClN4O/c1-3-9-7-5-6-8-10(9)15-12-16-11(14)17-13(18-12)19-4-2/h5-8H,3-4H2,1-2H3,(H,15,16,17,18). The van der Waals surface area contributed by atoms with Crippen LogP contribution in [0.2, 0.25) is 5.28 Å². The second kappa shape index (κ2) is 6.33. The normalized spacial score (nSPS) is 10.3. The predicted molar refractivity (Wildman–Crippen MR) is 75.1 cm³/mol. The Morgan fingerprint density at radius 3 is 2.68 bits per heavy atom. The van der Waals surface area contributed by atoms with Crippen LogP contribution in [0.25, 0.3) is 0 Å². The minimum absolute atomic E-state index is 0.106. The summed E-state index contributed by atoms with van der Waals surface area (Å²) in [5, 5.41) is 3.24. The van der Waals surface area contributed by atoms with Gasteiger partial charge in [-0.25, -0.2) is 0 Å². The molecule has 1 aromatic heterocycles. The van der Waals surface area contributed by atoms with Gasteiger partial charge in [-0.05, 0) is 36.6 Å². The third-order valence-electron chi connectivity index (χ3n) is 2.51. The zero-order valence-corrected chi connectivity index (χ0v) is 11.6. The number of aromatic nitrogens is 3. The molecule has 6 heteroatoms. The molecule has 0 fully saturated rings. The molecular weight excluding hydrogens is 264 g/mol. The topological polar surface area (TPSA) is 59.9 Å². The van der Waals surface area contributed by atoms with Crippen molar-refractivity contribution >= 4 is 23.2 Å². The lowest BCUT2D eigenvalue weighted by atomic mass is 10.1. The smallest absolute Gasteiger partial charge is 0.322 e. The van der Waals surface area contributed by atoms with Crippen molar-refractivity contribution in [3.8, 4) is 6.01 Å². The van der Waals surface area contributed by atoms with Crippen LogP contribution in [-0.2, 0) is 6.42 Å². The quantitative estimate of drug-likeness (QED) is 0.910. The lowest BCUT2D eigenvalue weighted by Crippen LogP contribution is -2.04. The van der Waals surface area contributed by atoms with Crippen LogP contribution in [0.3, 0.4) is 0 Å². The Balaban J connectivity index is 2.27. The summed E-state index contributed by atoms with van der Waals surface area (Å²) >= 11 is 5.84. The molecule has 5 nitrogen and oxygen atoms in total. The van der Waals surface area contributed by atoms with E-state index in [2.05, 4.69) is 33.3 Å². The summed E-state index contributed by atoms with van der Waals surface area (Å²) in [6, 6.07) is 8.19. The number of ether oxygens (including phenoxy) is 1. The molecule has 1 aromatic carbocycles. The molecular formula is C13H15ClN4O. The first-order valence-corrected chi connectivity index (χ1v) is 6.50. The highest BCUT2D eigenvalue weighted by molar-refractivity contribution is 6.28. The molecule has 0 atom stereocenters. The van der Waals surface area contributed by atoms with E-state index < -0.39 is 0 Å². The van der Waals surface area contributed by atoms with Crippen LogP contribution in [0, 0.1) is 0 Å². The second-order valence-electron chi connectivity index (χ2n) is 3.78. The zero-order chi connectivity index (χ0) is 13.7. The maximum Gasteiger partial charge on any atom is 0.322 e. The van der Waals surface area contributed by atoms with Gasteiger partial charge in [-0.3, -0.25) is 0 Å². The van der Waals surface area contributed by atoms with Gasteiger partial charge in [0.05, 0.1) is 6.61 Å². The Morgan fingerprint density at radius 2 is 1.95 bits per heavy atom. The molecule has 0 radical (unpaired) electrons. The molecule has 0 aliphatic carbocycles. The summed E-state index contributed by atoms with van der Waals surface area (Å²) < 4.78 is 5.23. The molecule has 0 saturated heterocycles. The van der Waals surface area contributed by atoms with Crippen molar-refractivity contribution in [1.82, 2.24) is 15.0 Å². The summed E-state index contributed by atoms with van der Waals surface area (Å²) in [6.07, 6.45) is 0.917. The van der Waals surface area contributed by atoms with E-state index in [1.807, 2.05) is 25.1 Å². The number of nitrogens with zero attached hydrogens (tertiary/aromatic N) is 3. The Hall–Kier alpha value is -1.88. The molecule has 100 valence electrons. The summed E-state index contributed by atoms with van der Waals surface area (Å²) in [6.45, 7) is 4.43. The van der Waals surface area contributed by atoms with Gasteiger partial charge in [-0.15, -0.1) is 0 Å². The minimum atomic E-state index is 0.106. The van der Waals surface area contributed by atoms with Crippen LogP contribution in [0.4, 0.5) is 11.6 Å². The maximum absolute atomic E-state index is 5.84.